The molecular weight excluding hydrogens is 520 g/mol. The third kappa shape index (κ3) is 6.18. The summed E-state index contributed by atoms with van der Waals surface area (Å²) in [5, 5.41) is 16.0. The van der Waals surface area contributed by atoms with Crippen molar-refractivity contribution >= 4 is 16.7 Å². The molecule has 224 valence electrons. The normalized spacial score (nSPS) is 18.2. The standard InChI is InChI=1S/C32H46N4O5/c1-6-23-26(36(7-2)22-10-14-40-15-11-22)18-29-24(17-27(41-29)21-8-12-35(4)13-9-21)30(23)32(38)33-19-25-28(39-5)16-20(3)34-31(25)37/h16-18,21-22,32-33,38H,6-15,19H2,1-5H3,(H,34,37). The molecule has 0 spiro atoms. The molecule has 2 aromatic heterocycles. The van der Waals surface area contributed by atoms with Crippen molar-refractivity contribution in [3.8, 4) is 5.75 Å². The Hall–Kier alpha value is -2.85. The predicted molar refractivity (Wildman–Crippen MR) is 162 cm³/mol. The summed E-state index contributed by atoms with van der Waals surface area (Å²) in [6.07, 6.45) is 3.80. The largest absolute Gasteiger partial charge is 0.496 e. The number of likely N-dealkylation sites (tertiary alicyclic amines) is 1. The maximum Gasteiger partial charge on any atom is 0.256 e. The number of aliphatic hydroxyl groups is 1. The van der Waals surface area contributed by atoms with E-state index in [1.807, 2.05) is 6.92 Å². The number of nitrogens with zero attached hydrogens (tertiary/aromatic N) is 2. The van der Waals surface area contributed by atoms with Crippen LogP contribution in [0.25, 0.3) is 11.0 Å². The Morgan fingerprint density at radius 2 is 1.88 bits per heavy atom. The number of anilines is 1. The van der Waals surface area contributed by atoms with Gasteiger partial charge in [-0.2, -0.15) is 0 Å². The van der Waals surface area contributed by atoms with Crippen LogP contribution in [0.3, 0.4) is 0 Å². The highest BCUT2D eigenvalue weighted by molar-refractivity contribution is 5.88. The van der Waals surface area contributed by atoms with Crippen molar-refractivity contribution in [3.05, 3.63) is 56.7 Å². The molecule has 3 aromatic rings. The van der Waals surface area contributed by atoms with Gasteiger partial charge in [0.2, 0.25) is 0 Å². The molecule has 2 aliphatic heterocycles. The molecule has 1 atom stereocenters. The number of aryl methyl sites for hydroxylation is 1. The highest BCUT2D eigenvalue weighted by atomic mass is 16.5. The molecule has 0 amide bonds. The van der Waals surface area contributed by atoms with E-state index >= 15 is 0 Å². The number of furan rings is 1. The summed E-state index contributed by atoms with van der Waals surface area (Å²) in [4.78, 5) is 20.4. The third-order valence-electron chi connectivity index (χ3n) is 8.92. The van der Waals surface area contributed by atoms with Gasteiger partial charge in [-0.05, 0) is 83.8 Å². The lowest BCUT2D eigenvalue weighted by Crippen LogP contribution is -2.40. The predicted octanol–water partition coefficient (Wildman–Crippen LogP) is 4.60. The zero-order chi connectivity index (χ0) is 29.1. The van der Waals surface area contributed by atoms with Crippen molar-refractivity contribution in [2.45, 2.75) is 77.6 Å². The summed E-state index contributed by atoms with van der Waals surface area (Å²) < 4.78 is 17.8. The molecule has 0 aliphatic carbocycles. The molecule has 2 aliphatic rings. The van der Waals surface area contributed by atoms with Crippen molar-refractivity contribution in [3.63, 3.8) is 0 Å². The fraction of sp³-hybridized carbons (Fsp3) is 0.594. The van der Waals surface area contributed by atoms with Crippen molar-refractivity contribution in [2.75, 3.05) is 51.9 Å². The number of piperidine rings is 1. The first-order chi connectivity index (χ1) is 19.8. The molecule has 1 aromatic carbocycles. The number of aromatic amines is 1. The van der Waals surface area contributed by atoms with Crippen LogP contribution in [0.4, 0.5) is 5.69 Å². The number of H-pyrrole nitrogens is 1. The van der Waals surface area contributed by atoms with Gasteiger partial charge in [-0.3, -0.25) is 10.1 Å². The van der Waals surface area contributed by atoms with Gasteiger partial charge >= 0.3 is 0 Å². The lowest BCUT2D eigenvalue weighted by atomic mass is 9.92. The van der Waals surface area contributed by atoms with Crippen LogP contribution in [0.5, 0.6) is 5.75 Å². The van der Waals surface area contributed by atoms with Gasteiger partial charge in [-0.25, -0.2) is 0 Å². The fourth-order valence-electron chi connectivity index (χ4n) is 6.65. The number of pyridine rings is 1. The van der Waals surface area contributed by atoms with Crippen LogP contribution >= 0.6 is 0 Å². The van der Waals surface area contributed by atoms with Gasteiger partial charge in [0.1, 0.15) is 23.3 Å². The maximum atomic E-state index is 12.8. The molecule has 0 saturated carbocycles. The van der Waals surface area contributed by atoms with Crippen LogP contribution in [0, 0.1) is 6.92 Å². The smallest absolute Gasteiger partial charge is 0.256 e. The van der Waals surface area contributed by atoms with E-state index in [0.29, 0.717) is 23.3 Å². The number of rotatable bonds is 10. The van der Waals surface area contributed by atoms with Gasteiger partial charge in [0, 0.05) is 66.7 Å². The molecular formula is C32H46N4O5. The number of hydrogen-bond acceptors (Lipinski definition) is 8. The first-order valence-electron chi connectivity index (χ1n) is 15.1. The second-order valence-corrected chi connectivity index (χ2v) is 11.5. The highest BCUT2D eigenvalue weighted by Gasteiger charge is 2.29. The first-order valence-corrected chi connectivity index (χ1v) is 15.1. The summed E-state index contributed by atoms with van der Waals surface area (Å²) in [6, 6.07) is 6.51. The number of ether oxygens (including phenoxy) is 2. The summed E-state index contributed by atoms with van der Waals surface area (Å²) in [6.45, 7) is 10.8. The summed E-state index contributed by atoms with van der Waals surface area (Å²) in [5.41, 5.74) is 4.81. The molecule has 0 radical (unpaired) electrons. The minimum atomic E-state index is -1.01. The monoisotopic (exact) mass is 566 g/mol. The van der Waals surface area contributed by atoms with E-state index in [1.54, 1.807) is 13.2 Å². The zero-order valence-electron chi connectivity index (χ0n) is 25.2. The number of aromatic nitrogens is 1. The van der Waals surface area contributed by atoms with E-state index in [0.717, 1.165) is 104 Å². The van der Waals surface area contributed by atoms with Gasteiger partial charge in [0.25, 0.3) is 5.56 Å². The van der Waals surface area contributed by atoms with Crippen LogP contribution in [-0.4, -0.2) is 68.0 Å². The molecule has 9 nitrogen and oxygen atoms in total. The summed E-state index contributed by atoms with van der Waals surface area (Å²) >= 11 is 0. The van der Waals surface area contributed by atoms with E-state index in [2.05, 4.69) is 53.1 Å². The van der Waals surface area contributed by atoms with Crippen LogP contribution in [0.2, 0.25) is 0 Å². The van der Waals surface area contributed by atoms with Gasteiger partial charge in [0.05, 0.1) is 12.7 Å². The molecule has 3 N–H and O–H groups in total. The number of benzene rings is 1. The van der Waals surface area contributed by atoms with Crippen molar-refractivity contribution in [1.29, 1.82) is 0 Å². The second-order valence-electron chi connectivity index (χ2n) is 11.5. The van der Waals surface area contributed by atoms with E-state index in [9.17, 15) is 9.90 Å². The average molecular weight is 567 g/mol. The van der Waals surface area contributed by atoms with E-state index in [1.165, 1.54) is 0 Å². The molecule has 0 bridgehead atoms. The fourth-order valence-corrected chi connectivity index (χ4v) is 6.65. The Bertz CT molecular complexity index is 1380. The highest BCUT2D eigenvalue weighted by Crippen LogP contribution is 2.41. The molecule has 4 heterocycles. The van der Waals surface area contributed by atoms with Gasteiger partial charge in [0.15, 0.2) is 0 Å². The molecule has 2 fully saturated rings. The lowest BCUT2D eigenvalue weighted by molar-refractivity contribution is 0.0846. The quantitative estimate of drug-likeness (QED) is 0.306. The van der Waals surface area contributed by atoms with Gasteiger partial charge < -0.3 is 33.8 Å². The second kappa shape index (κ2) is 13.0. The Labute approximate surface area is 242 Å². The topological polar surface area (TPSA) is 103 Å². The average Bonchev–Trinajstić information content (AvgIpc) is 3.40. The molecule has 2 saturated heterocycles. The minimum Gasteiger partial charge on any atom is -0.496 e. The number of nitrogens with one attached hydrogen (secondary N) is 2. The third-order valence-corrected chi connectivity index (χ3v) is 8.92. The lowest BCUT2D eigenvalue weighted by Gasteiger charge is -2.37. The molecule has 5 rings (SSSR count). The summed E-state index contributed by atoms with van der Waals surface area (Å²) in [5.74, 6) is 1.86. The Morgan fingerprint density at radius 3 is 2.54 bits per heavy atom. The van der Waals surface area contributed by atoms with Crippen LogP contribution in [0.15, 0.2) is 27.4 Å². The van der Waals surface area contributed by atoms with Gasteiger partial charge in [-0.15, -0.1) is 0 Å². The van der Waals surface area contributed by atoms with Crippen molar-refractivity contribution in [1.82, 2.24) is 15.2 Å². The number of methoxy groups -OCH3 is 1. The van der Waals surface area contributed by atoms with Crippen LogP contribution in [-0.2, 0) is 17.7 Å². The van der Waals surface area contributed by atoms with E-state index in [4.69, 9.17) is 13.9 Å². The van der Waals surface area contributed by atoms with E-state index in [-0.39, 0.29) is 12.1 Å². The Kier molecular flexibility index (Phi) is 9.38. The zero-order valence-corrected chi connectivity index (χ0v) is 25.2. The molecule has 1 unspecified atom stereocenters. The van der Waals surface area contributed by atoms with E-state index < -0.39 is 6.23 Å². The van der Waals surface area contributed by atoms with Crippen molar-refractivity contribution in [2.24, 2.45) is 0 Å². The minimum absolute atomic E-state index is 0.159. The SMILES string of the molecule is CCc1c(N(CC)C2CCOCC2)cc2oc(C3CCN(C)CC3)cc2c1C(O)NCc1c(OC)cc(C)[nH]c1=O. The van der Waals surface area contributed by atoms with Crippen LogP contribution in [0.1, 0.15) is 79.8 Å². The Balaban J connectivity index is 1.57. The molecule has 41 heavy (non-hydrogen) atoms. The van der Waals surface area contributed by atoms with Crippen LogP contribution < -0.4 is 20.5 Å². The maximum absolute atomic E-state index is 12.8. The first kappa shape index (κ1) is 29.6. The molecule has 9 heteroatoms. The number of hydrogen-bond donors (Lipinski definition) is 3. The summed E-state index contributed by atoms with van der Waals surface area (Å²) in [7, 11) is 3.72. The number of aliphatic hydroxyl groups excluding tert-OH is 1. The van der Waals surface area contributed by atoms with Crippen molar-refractivity contribution < 1.29 is 19.0 Å². The Morgan fingerprint density at radius 1 is 1.15 bits per heavy atom. The number of fused-ring (bicyclic) bond motifs is 1. The van der Waals surface area contributed by atoms with Gasteiger partial charge in [-0.1, -0.05) is 6.92 Å².